The molecule has 33 heavy (non-hydrogen) atoms. The van der Waals surface area contributed by atoms with Gasteiger partial charge in [0.25, 0.3) is 0 Å². The molecule has 2 aliphatic rings. The van der Waals surface area contributed by atoms with Gasteiger partial charge < -0.3 is 19.3 Å². The Balaban J connectivity index is 1.38. The van der Waals surface area contributed by atoms with Gasteiger partial charge in [-0.1, -0.05) is 17.7 Å². The summed E-state index contributed by atoms with van der Waals surface area (Å²) < 4.78 is 11.6. The van der Waals surface area contributed by atoms with Crippen LogP contribution in [0.25, 0.3) is 0 Å². The zero-order valence-corrected chi connectivity index (χ0v) is 19.5. The van der Waals surface area contributed by atoms with Crippen LogP contribution in [0.2, 0.25) is 5.02 Å². The van der Waals surface area contributed by atoms with Gasteiger partial charge in [-0.05, 0) is 36.6 Å². The van der Waals surface area contributed by atoms with Crippen molar-refractivity contribution in [1.82, 2.24) is 20.0 Å². The van der Waals surface area contributed by atoms with Crippen LogP contribution in [0.5, 0.6) is 5.75 Å². The molecule has 2 saturated heterocycles. The number of aromatic nitrogens is 2. The lowest BCUT2D eigenvalue weighted by molar-refractivity contribution is -0.141. The van der Waals surface area contributed by atoms with Crippen molar-refractivity contribution in [2.45, 2.75) is 38.2 Å². The minimum absolute atomic E-state index is 0.0779. The fourth-order valence-corrected chi connectivity index (χ4v) is 4.67. The van der Waals surface area contributed by atoms with E-state index in [1.54, 1.807) is 18.3 Å². The van der Waals surface area contributed by atoms with Crippen molar-refractivity contribution in [1.29, 1.82) is 0 Å². The van der Waals surface area contributed by atoms with Crippen LogP contribution >= 0.6 is 11.6 Å². The van der Waals surface area contributed by atoms with Gasteiger partial charge in [0, 0.05) is 62.6 Å². The second-order valence-corrected chi connectivity index (χ2v) is 9.10. The van der Waals surface area contributed by atoms with Crippen molar-refractivity contribution in [2.75, 3.05) is 39.4 Å². The van der Waals surface area contributed by atoms with Gasteiger partial charge in [0.05, 0.1) is 19.4 Å². The molecule has 8 nitrogen and oxygen atoms in total. The first kappa shape index (κ1) is 23.6. The number of benzene rings is 1. The van der Waals surface area contributed by atoms with E-state index in [0.29, 0.717) is 69.4 Å². The molecule has 2 aliphatic heterocycles. The number of H-pyrrole nitrogens is 1. The Kier molecular flexibility index (Phi) is 8.23. The minimum Gasteiger partial charge on any atom is -0.490 e. The molecular weight excluding hydrogens is 444 g/mol. The maximum absolute atomic E-state index is 13.0. The van der Waals surface area contributed by atoms with E-state index in [-0.39, 0.29) is 23.8 Å². The van der Waals surface area contributed by atoms with Crippen LogP contribution in [-0.2, 0) is 20.7 Å². The Hall–Kier alpha value is -2.58. The molecule has 3 heterocycles. The average molecular weight is 475 g/mol. The number of carbonyl (C=O) groups is 2. The first-order chi connectivity index (χ1) is 16.1. The van der Waals surface area contributed by atoms with Gasteiger partial charge in [-0.2, -0.15) is 5.10 Å². The first-order valence-electron chi connectivity index (χ1n) is 11.6. The number of ether oxygens (including phenoxy) is 2. The van der Waals surface area contributed by atoms with E-state index in [1.165, 1.54) is 0 Å². The van der Waals surface area contributed by atoms with Crippen molar-refractivity contribution >= 4 is 23.4 Å². The Bertz CT molecular complexity index is 917. The summed E-state index contributed by atoms with van der Waals surface area (Å²) in [6.45, 7) is 3.51. The highest BCUT2D eigenvalue weighted by atomic mass is 35.5. The standard InChI is InChI=1S/C24H31ClN4O4/c25-20-4-2-5-21(14-20)33-22-7-8-29(23(30)6-1-3-18-15-26-27-16-18)17-19(22)13-24(31)28-9-11-32-12-10-28/h2,4-5,14-16,19,22H,1,3,6-13,17H2,(H,26,27)/t19-,22-/m0/s1. The number of rotatable bonds is 8. The van der Waals surface area contributed by atoms with E-state index < -0.39 is 0 Å². The van der Waals surface area contributed by atoms with E-state index in [4.69, 9.17) is 21.1 Å². The van der Waals surface area contributed by atoms with E-state index in [9.17, 15) is 9.59 Å². The lowest BCUT2D eigenvalue weighted by Gasteiger charge is -2.39. The smallest absolute Gasteiger partial charge is 0.223 e. The molecule has 2 atom stereocenters. The van der Waals surface area contributed by atoms with Gasteiger partial charge >= 0.3 is 0 Å². The lowest BCUT2D eigenvalue weighted by Crippen LogP contribution is -2.50. The Morgan fingerprint density at radius 2 is 2.03 bits per heavy atom. The van der Waals surface area contributed by atoms with E-state index >= 15 is 0 Å². The number of aryl methyl sites for hydroxylation is 1. The van der Waals surface area contributed by atoms with Gasteiger partial charge in [-0.15, -0.1) is 0 Å². The Morgan fingerprint density at radius 1 is 1.18 bits per heavy atom. The second kappa shape index (κ2) is 11.5. The second-order valence-electron chi connectivity index (χ2n) is 8.66. The van der Waals surface area contributed by atoms with E-state index in [1.807, 2.05) is 28.1 Å². The number of aromatic amines is 1. The fourth-order valence-electron chi connectivity index (χ4n) is 4.49. The van der Waals surface area contributed by atoms with Crippen LogP contribution in [0.3, 0.4) is 0 Å². The minimum atomic E-state index is -0.150. The SMILES string of the molecule is O=C(C[C@H]1CN(C(=O)CCCc2cn[nH]c2)CC[C@@H]1Oc1cccc(Cl)c1)N1CCOCC1. The average Bonchev–Trinajstić information content (AvgIpc) is 3.34. The number of piperidine rings is 1. The van der Waals surface area contributed by atoms with Gasteiger partial charge in [0.15, 0.2) is 0 Å². The molecular formula is C24H31ClN4O4. The molecule has 178 valence electrons. The Morgan fingerprint density at radius 3 is 2.79 bits per heavy atom. The summed E-state index contributed by atoms with van der Waals surface area (Å²) in [4.78, 5) is 29.6. The third-order valence-electron chi connectivity index (χ3n) is 6.31. The molecule has 0 bridgehead atoms. The van der Waals surface area contributed by atoms with Gasteiger partial charge in [0.2, 0.25) is 11.8 Å². The van der Waals surface area contributed by atoms with E-state index in [2.05, 4.69) is 10.2 Å². The molecule has 1 N–H and O–H groups in total. The highest BCUT2D eigenvalue weighted by molar-refractivity contribution is 6.30. The predicted octanol–water partition coefficient (Wildman–Crippen LogP) is 2.93. The number of morpholine rings is 1. The number of likely N-dealkylation sites (tertiary alicyclic amines) is 1. The molecule has 0 unspecified atom stereocenters. The molecule has 2 aromatic rings. The number of carbonyl (C=O) groups excluding carboxylic acids is 2. The number of hydrogen-bond donors (Lipinski definition) is 1. The van der Waals surface area contributed by atoms with Crippen molar-refractivity contribution in [3.05, 3.63) is 47.2 Å². The monoisotopic (exact) mass is 474 g/mol. The summed E-state index contributed by atoms with van der Waals surface area (Å²) in [5.74, 6) is 0.836. The largest absolute Gasteiger partial charge is 0.490 e. The van der Waals surface area contributed by atoms with Crippen LogP contribution < -0.4 is 4.74 Å². The number of halogens is 1. The molecule has 0 spiro atoms. The van der Waals surface area contributed by atoms with Crippen molar-refractivity contribution < 1.29 is 19.1 Å². The predicted molar refractivity (Wildman–Crippen MR) is 124 cm³/mol. The topological polar surface area (TPSA) is 87.8 Å². The van der Waals surface area contributed by atoms with Gasteiger partial charge in [0.1, 0.15) is 11.9 Å². The number of nitrogens with one attached hydrogen (secondary N) is 1. The first-order valence-corrected chi connectivity index (χ1v) is 12.0. The summed E-state index contributed by atoms with van der Waals surface area (Å²) in [6, 6.07) is 7.32. The summed E-state index contributed by atoms with van der Waals surface area (Å²) in [5.41, 5.74) is 1.10. The molecule has 4 rings (SSSR count). The van der Waals surface area contributed by atoms with Crippen LogP contribution in [0.1, 0.15) is 31.2 Å². The lowest BCUT2D eigenvalue weighted by atomic mass is 9.90. The van der Waals surface area contributed by atoms with Crippen LogP contribution in [-0.4, -0.2) is 77.3 Å². The van der Waals surface area contributed by atoms with Crippen LogP contribution in [0, 0.1) is 5.92 Å². The zero-order chi connectivity index (χ0) is 23.0. The number of hydrogen-bond acceptors (Lipinski definition) is 5. The van der Waals surface area contributed by atoms with Gasteiger partial charge in [-0.3, -0.25) is 14.7 Å². The van der Waals surface area contributed by atoms with Gasteiger partial charge in [-0.25, -0.2) is 0 Å². The quantitative estimate of drug-likeness (QED) is 0.635. The third kappa shape index (κ3) is 6.71. The summed E-state index contributed by atoms with van der Waals surface area (Å²) >= 11 is 6.12. The highest BCUT2D eigenvalue weighted by Crippen LogP contribution is 2.28. The van der Waals surface area contributed by atoms with E-state index in [0.717, 1.165) is 18.4 Å². The van der Waals surface area contributed by atoms with Crippen LogP contribution in [0.15, 0.2) is 36.7 Å². The maximum Gasteiger partial charge on any atom is 0.223 e. The number of amides is 2. The number of nitrogens with zero attached hydrogens (tertiary/aromatic N) is 3. The highest BCUT2D eigenvalue weighted by Gasteiger charge is 2.35. The molecule has 1 aromatic carbocycles. The van der Waals surface area contributed by atoms with Crippen LogP contribution in [0.4, 0.5) is 0 Å². The summed E-state index contributed by atoms with van der Waals surface area (Å²) in [6.07, 6.45) is 6.60. The molecule has 0 radical (unpaired) electrons. The fraction of sp³-hybridized carbons (Fsp3) is 0.542. The third-order valence-corrected chi connectivity index (χ3v) is 6.55. The maximum atomic E-state index is 13.0. The zero-order valence-electron chi connectivity index (χ0n) is 18.7. The van der Waals surface area contributed by atoms with Crippen molar-refractivity contribution in [2.24, 2.45) is 5.92 Å². The molecule has 0 saturated carbocycles. The summed E-state index contributed by atoms with van der Waals surface area (Å²) in [5, 5.41) is 7.36. The molecule has 9 heteroatoms. The Labute approximate surface area is 199 Å². The molecule has 2 amide bonds. The molecule has 1 aromatic heterocycles. The molecule has 2 fully saturated rings. The van der Waals surface area contributed by atoms with Crippen molar-refractivity contribution in [3.8, 4) is 5.75 Å². The summed E-state index contributed by atoms with van der Waals surface area (Å²) in [7, 11) is 0. The molecule has 0 aliphatic carbocycles. The van der Waals surface area contributed by atoms with Crippen molar-refractivity contribution in [3.63, 3.8) is 0 Å². The normalized spacial score (nSPS) is 21.1.